The summed E-state index contributed by atoms with van der Waals surface area (Å²) in [6, 6.07) is 9.30. The Morgan fingerprint density at radius 3 is 2.61 bits per heavy atom. The molecule has 0 saturated carbocycles. The highest BCUT2D eigenvalue weighted by Crippen LogP contribution is 2.27. The van der Waals surface area contributed by atoms with E-state index in [0.717, 1.165) is 11.8 Å². The van der Waals surface area contributed by atoms with E-state index in [4.69, 9.17) is 4.74 Å². The van der Waals surface area contributed by atoms with E-state index < -0.39 is 23.3 Å². The number of aromatic nitrogens is 1. The number of carbonyl (C=O) groups is 1. The van der Waals surface area contributed by atoms with Crippen LogP contribution in [0.4, 0.5) is 13.6 Å². The monoisotopic (exact) mass is 501 g/mol. The predicted octanol–water partition coefficient (Wildman–Crippen LogP) is 5.20. The molecule has 0 fully saturated rings. The Morgan fingerprint density at radius 1 is 1.25 bits per heavy atom. The summed E-state index contributed by atoms with van der Waals surface area (Å²) in [5, 5.41) is 2.56. The second-order valence-corrected chi connectivity index (χ2v) is 8.09. The summed E-state index contributed by atoms with van der Waals surface area (Å²) in [4.78, 5) is 20.4. The molecule has 1 atom stereocenters. The number of benzene rings is 1. The Kier molecular flexibility index (Phi) is 7.85. The maximum absolute atomic E-state index is 13.7. The number of halogens is 3. The van der Waals surface area contributed by atoms with Crippen molar-refractivity contribution in [3.05, 3.63) is 65.5 Å². The van der Waals surface area contributed by atoms with E-state index in [0.29, 0.717) is 22.4 Å². The lowest BCUT2D eigenvalue weighted by atomic mass is 9.92. The Labute approximate surface area is 176 Å². The number of amides is 1. The van der Waals surface area contributed by atoms with E-state index in [2.05, 4.69) is 15.3 Å². The van der Waals surface area contributed by atoms with Gasteiger partial charge < -0.3 is 4.74 Å². The van der Waals surface area contributed by atoms with Gasteiger partial charge in [0.2, 0.25) is 0 Å². The zero-order valence-corrected chi connectivity index (χ0v) is 18.0. The molecule has 0 bridgehead atoms. The van der Waals surface area contributed by atoms with E-state index >= 15 is 0 Å². The lowest BCUT2D eigenvalue weighted by Gasteiger charge is -2.19. The van der Waals surface area contributed by atoms with E-state index in [-0.39, 0.29) is 5.92 Å². The van der Waals surface area contributed by atoms with Crippen LogP contribution in [0.25, 0.3) is 0 Å². The fraction of sp³-hybridized carbons (Fsp3) is 0.350. The van der Waals surface area contributed by atoms with Crippen LogP contribution in [0.2, 0.25) is 0 Å². The topological polar surface area (TPSA) is 63.6 Å². The third kappa shape index (κ3) is 7.14. The second-order valence-electron chi connectivity index (χ2n) is 7.07. The molecule has 1 heterocycles. The first-order valence-electron chi connectivity index (χ1n) is 8.71. The molecule has 0 radical (unpaired) electrons. The van der Waals surface area contributed by atoms with Crippen LogP contribution in [0.1, 0.15) is 44.4 Å². The smallest absolute Gasteiger partial charge is 0.413 e. The molecule has 2 rings (SSSR count). The average molecular weight is 501 g/mol. The average Bonchev–Trinajstić information content (AvgIpc) is 2.60. The number of hydrogen-bond acceptors (Lipinski definition) is 4. The maximum atomic E-state index is 13.7. The van der Waals surface area contributed by atoms with Crippen molar-refractivity contribution in [2.75, 3.05) is 6.54 Å². The second kappa shape index (κ2) is 9.90. The summed E-state index contributed by atoms with van der Waals surface area (Å²) in [6.45, 7) is 5.68. The molecule has 8 heteroatoms. The quantitative estimate of drug-likeness (QED) is 0.265. The summed E-state index contributed by atoms with van der Waals surface area (Å²) >= 11 is 1.91. The lowest BCUT2D eigenvalue weighted by Crippen LogP contribution is -2.34. The Bertz CT molecular complexity index is 839. The third-order valence-corrected chi connectivity index (χ3v) is 4.27. The number of rotatable bonds is 5. The van der Waals surface area contributed by atoms with Crippen molar-refractivity contribution >= 4 is 32.5 Å². The number of amidine groups is 1. The van der Waals surface area contributed by atoms with Crippen LogP contribution in [0, 0.1) is 11.6 Å². The van der Waals surface area contributed by atoms with Crippen molar-refractivity contribution < 1.29 is 18.3 Å². The highest BCUT2D eigenvalue weighted by Gasteiger charge is 2.18. The van der Waals surface area contributed by atoms with Gasteiger partial charge in [0.05, 0.1) is 0 Å². The van der Waals surface area contributed by atoms with Crippen molar-refractivity contribution in [1.82, 2.24) is 10.3 Å². The molecule has 150 valence electrons. The van der Waals surface area contributed by atoms with Gasteiger partial charge in [0, 0.05) is 24.4 Å². The summed E-state index contributed by atoms with van der Waals surface area (Å²) in [5.74, 6) is -2.05. The molecule has 0 spiro atoms. The van der Waals surface area contributed by atoms with Crippen molar-refractivity contribution in [2.45, 2.75) is 38.7 Å². The Balaban J connectivity index is 2.09. The number of hydrogen-bond donors (Lipinski definition) is 1. The number of pyridine rings is 1. The molecule has 1 aromatic carbocycles. The summed E-state index contributed by atoms with van der Waals surface area (Å²) in [6.07, 6.45) is 1.58. The van der Waals surface area contributed by atoms with Gasteiger partial charge in [-0.05, 0) is 79.6 Å². The first-order chi connectivity index (χ1) is 13.2. The number of alkyl carbamates (subject to hydrolysis) is 1. The minimum atomic E-state index is -0.900. The Morgan fingerprint density at radius 2 is 2.00 bits per heavy atom. The van der Waals surface area contributed by atoms with Crippen molar-refractivity contribution in [3.63, 3.8) is 0 Å². The fourth-order valence-electron chi connectivity index (χ4n) is 2.52. The molecule has 1 unspecified atom stereocenters. The number of nitrogens with zero attached hydrogens (tertiary/aromatic N) is 2. The van der Waals surface area contributed by atoms with Gasteiger partial charge in [-0.3, -0.25) is 15.3 Å². The molecule has 2 aromatic rings. The molecular formula is C20H22F2IN3O2. The van der Waals surface area contributed by atoms with Crippen LogP contribution >= 0.6 is 22.6 Å². The van der Waals surface area contributed by atoms with Crippen LogP contribution in [0.3, 0.4) is 0 Å². The number of nitrogens with one attached hydrogen (secondary N) is 1. The molecule has 0 aliphatic rings. The zero-order valence-electron chi connectivity index (χ0n) is 15.9. The molecular weight excluding hydrogens is 479 g/mol. The van der Waals surface area contributed by atoms with Crippen molar-refractivity contribution in [2.24, 2.45) is 4.99 Å². The van der Waals surface area contributed by atoms with Gasteiger partial charge in [-0.1, -0.05) is 12.1 Å². The van der Waals surface area contributed by atoms with Gasteiger partial charge in [0.15, 0.2) is 15.5 Å². The molecule has 5 nitrogen and oxygen atoms in total. The zero-order chi connectivity index (χ0) is 20.7. The number of carbonyl (C=O) groups excluding carboxylic acids is 1. The van der Waals surface area contributed by atoms with Crippen molar-refractivity contribution in [3.8, 4) is 0 Å². The molecule has 28 heavy (non-hydrogen) atoms. The van der Waals surface area contributed by atoms with Gasteiger partial charge in [0.25, 0.3) is 0 Å². The largest absolute Gasteiger partial charge is 0.444 e. The standard InChI is InChI=1S/C20H22F2IN3O2/c1-20(2,3)28-19(27)26-18(23)25-11-9-14(17-6-4-5-10-24-17)13-7-8-15(21)16(22)12-13/h4-8,10,12,14H,9,11H2,1-3H3,(H,25,26,27). The van der Waals surface area contributed by atoms with Crippen molar-refractivity contribution in [1.29, 1.82) is 0 Å². The first kappa shape index (κ1) is 22.2. The molecule has 1 amide bonds. The highest BCUT2D eigenvalue weighted by molar-refractivity contribution is 14.1. The molecule has 1 N–H and O–H groups in total. The van der Waals surface area contributed by atoms with Gasteiger partial charge in [-0.25, -0.2) is 13.6 Å². The third-order valence-electron chi connectivity index (χ3n) is 3.66. The van der Waals surface area contributed by atoms with Crippen LogP contribution in [0.15, 0.2) is 47.6 Å². The minimum Gasteiger partial charge on any atom is -0.444 e. The fourth-order valence-corrected chi connectivity index (χ4v) is 2.98. The van der Waals surface area contributed by atoms with Crippen LogP contribution in [0.5, 0.6) is 0 Å². The SMILES string of the molecule is CC(C)(C)OC(=O)NC(I)=NCCC(c1ccc(F)c(F)c1)c1ccccn1. The van der Waals surface area contributed by atoms with E-state index in [1.807, 2.05) is 34.7 Å². The summed E-state index contributed by atoms with van der Waals surface area (Å²) in [7, 11) is 0. The van der Waals surface area contributed by atoms with Gasteiger partial charge >= 0.3 is 6.09 Å². The van der Waals surface area contributed by atoms with Gasteiger partial charge in [0.1, 0.15) is 5.60 Å². The predicted molar refractivity (Wildman–Crippen MR) is 113 cm³/mol. The summed E-state index contributed by atoms with van der Waals surface area (Å²) < 4.78 is 32.6. The molecule has 0 aliphatic heterocycles. The first-order valence-corrected chi connectivity index (χ1v) is 9.79. The van der Waals surface area contributed by atoms with Crippen LogP contribution in [-0.2, 0) is 4.74 Å². The minimum absolute atomic E-state index is 0.259. The molecule has 0 saturated heterocycles. The highest BCUT2D eigenvalue weighted by atomic mass is 127. The van der Waals surface area contributed by atoms with E-state index in [1.54, 1.807) is 39.1 Å². The van der Waals surface area contributed by atoms with E-state index in [9.17, 15) is 13.6 Å². The number of ether oxygens (including phenoxy) is 1. The van der Waals surface area contributed by atoms with Crippen LogP contribution < -0.4 is 5.32 Å². The van der Waals surface area contributed by atoms with Gasteiger partial charge in [-0.15, -0.1) is 0 Å². The van der Waals surface area contributed by atoms with Crippen LogP contribution in [-0.4, -0.2) is 27.1 Å². The lowest BCUT2D eigenvalue weighted by molar-refractivity contribution is 0.0565. The summed E-state index contributed by atoms with van der Waals surface area (Å²) in [5.41, 5.74) is 0.749. The number of aliphatic imine (C=N–C) groups is 1. The van der Waals surface area contributed by atoms with Gasteiger partial charge in [-0.2, -0.15) is 0 Å². The van der Waals surface area contributed by atoms with E-state index in [1.165, 1.54) is 6.07 Å². The molecule has 0 aliphatic carbocycles. The molecule has 1 aromatic heterocycles. The maximum Gasteiger partial charge on any atom is 0.413 e. The Hall–Kier alpha value is -2.10. The normalized spacial score (nSPS) is 13.1.